The summed E-state index contributed by atoms with van der Waals surface area (Å²) in [7, 11) is 0. The molecule has 0 aliphatic rings. The Hall–Kier alpha value is -1.81. The summed E-state index contributed by atoms with van der Waals surface area (Å²) in [6.07, 6.45) is 0. The van der Waals surface area contributed by atoms with Crippen LogP contribution in [0.1, 0.15) is 0 Å². The number of aromatic nitrogens is 1. The van der Waals surface area contributed by atoms with Gasteiger partial charge < -0.3 is 10.3 Å². The molecule has 0 saturated carbocycles. The highest BCUT2D eigenvalue weighted by Gasteiger charge is 2.12. The average molecular weight is 289 g/mol. The lowest BCUT2D eigenvalue weighted by Gasteiger charge is -1.99. The van der Waals surface area contributed by atoms with Crippen molar-refractivity contribution in [2.75, 3.05) is 5.73 Å². The second-order valence-electron chi connectivity index (χ2n) is 3.77. The van der Waals surface area contributed by atoms with Crippen molar-refractivity contribution < 1.29 is 4.52 Å². The number of nitrogens with two attached hydrogens (primary N) is 1. The van der Waals surface area contributed by atoms with Gasteiger partial charge in [0.05, 0.1) is 0 Å². The molecule has 0 amide bonds. The maximum atomic E-state index is 5.70. The minimum atomic E-state index is 0.673. The molecule has 84 valence electrons. The number of benzene rings is 2. The van der Waals surface area contributed by atoms with Gasteiger partial charge in [0, 0.05) is 27.2 Å². The second-order valence-corrected chi connectivity index (χ2v) is 4.62. The highest BCUT2D eigenvalue weighted by atomic mass is 79.9. The summed E-state index contributed by atoms with van der Waals surface area (Å²) in [6.45, 7) is 0. The normalized spacial score (nSPS) is 10.9. The number of nitrogen functional groups attached to an aromatic ring is 1. The van der Waals surface area contributed by atoms with Gasteiger partial charge in [-0.2, -0.15) is 0 Å². The monoisotopic (exact) mass is 288 g/mol. The van der Waals surface area contributed by atoms with Crippen LogP contribution in [0.15, 0.2) is 51.5 Å². The fourth-order valence-electron chi connectivity index (χ4n) is 1.80. The van der Waals surface area contributed by atoms with E-state index in [0.717, 1.165) is 21.1 Å². The smallest absolute Gasteiger partial charge is 0.169 e. The van der Waals surface area contributed by atoms with Gasteiger partial charge in [0.2, 0.25) is 0 Å². The fourth-order valence-corrected chi connectivity index (χ4v) is 2.27. The number of hydrogen-bond donors (Lipinski definition) is 1. The lowest BCUT2D eigenvalue weighted by molar-refractivity contribution is 0.459. The molecule has 1 aromatic heterocycles. The molecule has 0 saturated heterocycles. The molecular formula is C13H9BrN2O. The van der Waals surface area contributed by atoms with Crippen LogP contribution in [0, 0.1) is 0 Å². The SMILES string of the molecule is Nc1ccc2c(-c3ccccc3Br)noc2c1. The number of anilines is 1. The molecule has 0 bridgehead atoms. The summed E-state index contributed by atoms with van der Waals surface area (Å²) in [4.78, 5) is 0. The lowest BCUT2D eigenvalue weighted by atomic mass is 10.1. The maximum absolute atomic E-state index is 5.70. The van der Waals surface area contributed by atoms with Crippen molar-refractivity contribution in [3.63, 3.8) is 0 Å². The standard InChI is InChI=1S/C13H9BrN2O/c14-11-4-2-1-3-9(11)13-10-6-5-8(15)7-12(10)17-16-13/h1-7H,15H2. The zero-order chi connectivity index (χ0) is 11.8. The molecule has 2 aromatic carbocycles. The van der Waals surface area contributed by atoms with Crippen LogP contribution in [0.25, 0.3) is 22.2 Å². The Morgan fingerprint density at radius 3 is 2.76 bits per heavy atom. The van der Waals surface area contributed by atoms with E-state index in [0.29, 0.717) is 11.3 Å². The van der Waals surface area contributed by atoms with Gasteiger partial charge in [-0.05, 0) is 18.2 Å². The highest BCUT2D eigenvalue weighted by Crippen LogP contribution is 2.33. The second kappa shape index (κ2) is 3.89. The third kappa shape index (κ3) is 1.70. The van der Waals surface area contributed by atoms with Gasteiger partial charge in [-0.25, -0.2) is 0 Å². The topological polar surface area (TPSA) is 52.0 Å². The molecule has 0 atom stereocenters. The van der Waals surface area contributed by atoms with E-state index in [4.69, 9.17) is 10.3 Å². The molecule has 3 rings (SSSR count). The van der Waals surface area contributed by atoms with E-state index in [2.05, 4.69) is 21.1 Å². The molecular weight excluding hydrogens is 280 g/mol. The largest absolute Gasteiger partial charge is 0.399 e. The Kier molecular flexibility index (Phi) is 2.37. The van der Waals surface area contributed by atoms with Crippen molar-refractivity contribution in [2.45, 2.75) is 0 Å². The molecule has 0 fully saturated rings. The van der Waals surface area contributed by atoms with Crippen LogP contribution < -0.4 is 5.73 Å². The molecule has 3 nitrogen and oxygen atoms in total. The molecule has 17 heavy (non-hydrogen) atoms. The van der Waals surface area contributed by atoms with Crippen LogP contribution in [0.5, 0.6) is 0 Å². The summed E-state index contributed by atoms with van der Waals surface area (Å²) in [5.74, 6) is 0. The third-order valence-electron chi connectivity index (χ3n) is 2.63. The summed E-state index contributed by atoms with van der Waals surface area (Å²) in [5, 5.41) is 5.07. The van der Waals surface area contributed by atoms with Crippen molar-refractivity contribution in [1.29, 1.82) is 0 Å². The summed E-state index contributed by atoms with van der Waals surface area (Å²) < 4.78 is 6.28. The zero-order valence-electron chi connectivity index (χ0n) is 8.85. The Morgan fingerprint density at radius 2 is 1.94 bits per heavy atom. The predicted molar refractivity (Wildman–Crippen MR) is 71.6 cm³/mol. The molecule has 2 N–H and O–H groups in total. The van der Waals surface area contributed by atoms with E-state index in [-0.39, 0.29) is 0 Å². The third-order valence-corrected chi connectivity index (χ3v) is 3.32. The zero-order valence-corrected chi connectivity index (χ0v) is 10.4. The molecule has 0 radical (unpaired) electrons. The molecule has 0 aliphatic carbocycles. The van der Waals surface area contributed by atoms with Gasteiger partial charge in [0.15, 0.2) is 5.58 Å². The number of rotatable bonds is 1. The first-order valence-electron chi connectivity index (χ1n) is 5.15. The van der Waals surface area contributed by atoms with Crippen LogP contribution >= 0.6 is 15.9 Å². The van der Waals surface area contributed by atoms with Crippen molar-refractivity contribution in [3.8, 4) is 11.3 Å². The number of nitrogens with zero attached hydrogens (tertiary/aromatic N) is 1. The average Bonchev–Trinajstić information content (AvgIpc) is 2.72. The van der Waals surface area contributed by atoms with Gasteiger partial charge in [-0.1, -0.05) is 39.3 Å². The molecule has 3 aromatic rings. The molecule has 4 heteroatoms. The Labute approximate surface area is 106 Å². The van der Waals surface area contributed by atoms with Crippen LogP contribution in [0.3, 0.4) is 0 Å². The lowest BCUT2D eigenvalue weighted by Crippen LogP contribution is -1.83. The van der Waals surface area contributed by atoms with Crippen molar-refractivity contribution in [1.82, 2.24) is 5.16 Å². The molecule has 0 unspecified atom stereocenters. The van der Waals surface area contributed by atoms with E-state index in [9.17, 15) is 0 Å². The van der Waals surface area contributed by atoms with Crippen LogP contribution in [0.4, 0.5) is 5.69 Å². The summed E-state index contributed by atoms with van der Waals surface area (Å²) in [6, 6.07) is 13.5. The van der Waals surface area contributed by atoms with Gasteiger partial charge in [-0.3, -0.25) is 0 Å². The van der Waals surface area contributed by atoms with Crippen molar-refractivity contribution in [2.24, 2.45) is 0 Å². The van der Waals surface area contributed by atoms with E-state index in [1.807, 2.05) is 36.4 Å². The van der Waals surface area contributed by atoms with Gasteiger partial charge >= 0.3 is 0 Å². The van der Waals surface area contributed by atoms with Gasteiger partial charge in [-0.15, -0.1) is 0 Å². The van der Waals surface area contributed by atoms with E-state index in [1.54, 1.807) is 6.07 Å². The van der Waals surface area contributed by atoms with Crippen LogP contribution in [-0.2, 0) is 0 Å². The first-order valence-corrected chi connectivity index (χ1v) is 5.95. The first-order chi connectivity index (χ1) is 8.25. The minimum absolute atomic E-state index is 0.673. The molecule has 1 heterocycles. The van der Waals surface area contributed by atoms with E-state index < -0.39 is 0 Å². The number of hydrogen-bond acceptors (Lipinski definition) is 3. The highest BCUT2D eigenvalue weighted by molar-refractivity contribution is 9.10. The quantitative estimate of drug-likeness (QED) is 0.692. The predicted octanol–water partition coefficient (Wildman–Crippen LogP) is 3.84. The summed E-state index contributed by atoms with van der Waals surface area (Å²) in [5.41, 5.74) is 8.92. The summed E-state index contributed by atoms with van der Waals surface area (Å²) >= 11 is 3.51. The minimum Gasteiger partial charge on any atom is -0.399 e. The van der Waals surface area contributed by atoms with E-state index in [1.165, 1.54) is 0 Å². The maximum Gasteiger partial charge on any atom is 0.169 e. The Morgan fingerprint density at radius 1 is 1.12 bits per heavy atom. The van der Waals surface area contributed by atoms with Crippen molar-refractivity contribution in [3.05, 3.63) is 46.9 Å². The molecule has 0 spiro atoms. The number of halogens is 1. The first kappa shape index (κ1) is 10.4. The Balaban J connectivity index is 2.29. The van der Waals surface area contributed by atoms with Crippen LogP contribution in [0.2, 0.25) is 0 Å². The number of fused-ring (bicyclic) bond motifs is 1. The fraction of sp³-hybridized carbons (Fsp3) is 0. The Bertz CT molecular complexity index is 691. The van der Waals surface area contributed by atoms with Gasteiger partial charge in [0.25, 0.3) is 0 Å². The van der Waals surface area contributed by atoms with Crippen LogP contribution in [-0.4, -0.2) is 5.16 Å². The van der Waals surface area contributed by atoms with Gasteiger partial charge in [0.1, 0.15) is 5.69 Å². The molecule has 0 aliphatic heterocycles. The van der Waals surface area contributed by atoms with Crippen molar-refractivity contribution >= 4 is 32.6 Å². The van der Waals surface area contributed by atoms with E-state index >= 15 is 0 Å².